The molecule has 1 aromatic heterocycles. The first-order valence-corrected chi connectivity index (χ1v) is 4.94. The Balaban J connectivity index is 1.90. The number of aromatic nitrogens is 1. The Kier molecular flexibility index (Phi) is 3.22. The van der Waals surface area contributed by atoms with E-state index in [-0.39, 0.29) is 18.2 Å². The van der Waals surface area contributed by atoms with Crippen molar-refractivity contribution in [2.45, 2.75) is 6.42 Å². The van der Waals surface area contributed by atoms with Crippen LogP contribution in [0, 0.1) is 11.6 Å². The number of hydrogen-bond acceptors (Lipinski definition) is 4. The summed E-state index contributed by atoms with van der Waals surface area (Å²) in [6, 6.07) is 4.70. The quantitative estimate of drug-likeness (QED) is 0.889. The van der Waals surface area contributed by atoms with Gasteiger partial charge in [0.2, 0.25) is 5.88 Å². The fourth-order valence-corrected chi connectivity index (χ4v) is 1.30. The standard InChI is InChI=1S/C11H10F2N2O2/c12-7-1-2-10(9(13)5-7)16-4-3-8-6-11(14)17-15-8/h1-2,5-6H,3-4,14H2. The van der Waals surface area contributed by atoms with Crippen molar-refractivity contribution in [2.24, 2.45) is 0 Å². The molecule has 90 valence electrons. The van der Waals surface area contributed by atoms with Gasteiger partial charge in [0.1, 0.15) is 5.82 Å². The summed E-state index contributed by atoms with van der Waals surface area (Å²) in [5.41, 5.74) is 5.95. The zero-order valence-corrected chi connectivity index (χ0v) is 8.82. The Labute approximate surface area is 96.0 Å². The fourth-order valence-electron chi connectivity index (χ4n) is 1.30. The molecule has 0 unspecified atom stereocenters. The summed E-state index contributed by atoms with van der Waals surface area (Å²) in [5, 5.41) is 3.65. The minimum absolute atomic E-state index is 0.00265. The van der Waals surface area contributed by atoms with Gasteiger partial charge in [0.15, 0.2) is 11.6 Å². The minimum atomic E-state index is -0.732. The van der Waals surface area contributed by atoms with Crippen LogP contribution in [0.1, 0.15) is 5.69 Å². The molecule has 1 aromatic carbocycles. The summed E-state index contributed by atoms with van der Waals surface area (Å²) < 4.78 is 35.6. The monoisotopic (exact) mass is 240 g/mol. The molecule has 17 heavy (non-hydrogen) atoms. The molecule has 0 bridgehead atoms. The van der Waals surface area contributed by atoms with Crippen LogP contribution in [0.25, 0.3) is 0 Å². The number of nitrogens with two attached hydrogens (primary N) is 1. The average molecular weight is 240 g/mol. The topological polar surface area (TPSA) is 61.3 Å². The maximum atomic E-state index is 13.2. The molecule has 0 aliphatic heterocycles. The third-order valence-corrected chi connectivity index (χ3v) is 2.09. The van der Waals surface area contributed by atoms with E-state index >= 15 is 0 Å². The number of hydrogen-bond donors (Lipinski definition) is 1. The highest BCUT2D eigenvalue weighted by molar-refractivity contribution is 5.26. The fraction of sp³-hybridized carbons (Fsp3) is 0.182. The normalized spacial score (nSPS) is 10.5. The molecule has 0 radical (unpaired) electrons. The lowest BCUT2D eigenvalue weighted by Gasteiger charge is -2.05. The predicted octanol–water partition coefficient (Wildman–Crippen LogP) is 2.16. The van der Waals surface area contributed by atoms with E-state index in [0.717, 1.165) is 12.1 Å². The van der Waals surface area contributed by atoms with Gasteiger partial charge in [-0.05, 0) is 12.1 Å². The zero-order chi connectivity index (χ0) is 12.3. The Hall–Kier alpha value is -2.11. The van der Waals surface area contributed by atoms with Crippen molar-refractivity contribution in [3.63, 3.8) is 0 Å². The van der Waals surface area contributed by atoms with Gasteiger partial charge in [0, 0.05) is 18.6 Å². The smallest absolute Gasteiger partial charge is 0.222 e. The van der Waals surface area contributed by atoms with Crippen LogP contribution >= 0.6 is 0 Å². The second-order valence-electron chi connectivity index (χ2n) is 3.39. The number of nitrogen functional groups attached to an aromatic ring is 1. The van der Waals surface area contributed by atoms with E-state index in [0.29, 0.717) is 12.1 Å². The van der Waals surface area contributed by atoms with Crippen molar-refractivity contribution >= 4 is 5.88 Å². The first-order chi connectivity index (χ1) is 8.15. The van der Waals surface area contributed by atoms with Crippen LogP contribution in [-0.4, -0.2) is 11.8 Å². The maximum absolute atomic E-state index is 13.2. The van der Waals surface area contributed by atoms with E-state index in [9.17, 15) is 8.78 Å². The molecule has 2 N–H and O–H groups in total. The van der Waals surface area contributed by atoms with Gasteiger partial charge >= 0.3 is 0 Å². The molecule has 2 rings (SSSR count). The molecule has 2 aromatic rings. The number of halogens is 2. The third-order valence-electron chi connectivity index (χ3n) is 2.09. The van der Waals surface area contributed by atoms with Gasteiger partial charge < -0.3 is 15.0 Å². The average Bonchev–Trinajstić information content (AvgIpc) is 2.68. The summed E-state index contributed by atoms with van der Waals surface area (Å²) in [5.74, 6) is -1.15. The molecular weight excluding hydrogens is 230 g/mol. The number of anilines is 1. The first kappa shape index (κ1) is 11.4. The van der Waals surface area contributed by atoms with E-state index in [4.69, 9.17) is 10.5 Å². The Morgan fingerprint density at radius 3 is 2.76 bits per heavy atom. The highest BCUT2D eigenvalue weighted by Gasteiger charge is 2.06. The SMILES string of the molecule is Nc1cc(CCOc2ccc(F)cc2F)no1. The molecule has 1 heterocycles. The lowest BCUT2D eigenvalue weighted by Crippen LogP contribution is -2.03. The summed E-state index contributed by atoms with van der Waals surface area (Å²) in [4.78, 5) is 0. The Morgan fingerprint density at radius 2 is 2.12 bits per heavy atom. The van der Waals surface area contributed by atoms with Crippen LogP contribution in [0.15, 0.2) is 28.8 Å². The summed E-state index contributed by atoms with van der Waals surface area (Å²) >= 11 is 0. The van der Waals surface area contributed by atoms with Crippen LogP contribution in [0.4, 0.5) is 14.7 Å². The van der Waals surface area contributed by atoms with Crippen molar-refractivity contribution in [1.29, 1.82) is 0 Å². The molecule has 0 aliphatic rings. The van der Waals surface area contributed by atoms with Crippen molar-refractivity contribution in [3.05, 3.63) is 41.6 Å². The predicted molar refractivity (Wildman–Crippen MR) is 56.5 cm³/mol. The van der Waals surface area contributed by atoms with Crippen molar-refractivity contribution < 1.29 is 18.0 Å². The van der Waals surface area contributed by atoms with Gasteiger partial charge in [-0.25, -0.2) is 8.78 Å². The summed E-state index contributed by atoms with van der Waals surface area (Å²) in [7, 11) is 0. The van der Waals surface area contributed by atoms with Crippen LogP contribution in [0.5, 0.6) is 5.75 Å². The Morgan fingerprint density at radius 1 is 1.29 bits per heavy atom. The molecule has 0 spiro atoms. The van der Waals surface area contributed by atoms with Crippen molar-refractivity contribution in [2.75, 3.05) is 12.3 Å². The van der Waals surface area contributed by atoms with Gasteiger partial charge in [0.25, 0.3) is 0 Å². The molecule has 0 amide bonds. The highest BCUT2D eigenvalue weighted by atomic mass is 19.1. The first-order valence-electron chi connectivity index (χ1n) is 4.94. The molecule has 0 atom stereocenters. The molecule has 0 fully saturated rings. The molecule has 6 heteroatoms. The van der Waals surface area contributed by atoms with E-state index in [1.807, 2.05) is 0 Å². The van der Waals surface area contributed by atoms with Crippen molar-refractivity contribution in [1.82, 2.24) is 5.16 Å². The largest absolute Gasteiger partial charge is 0.490 e. The molecule has 0 saturated carbocycles. The number of ether oxygens (including phenoxy) is 1. The van der Waals surface area contributed by atoms with E-state index in [1.165, 1.54) is 6.07 Å². The second-order valence-corrected chi connectivity index (χ2v) is 3.39. The van der Waals surface area contributed by atoms with Crippen LogP contribution < -0.4 is 10.5 Å². The van der Waals surface area contributed by atoms with Crippen LogP contribution in [0.2, 0.25) is 0 Å². The molecular formula is C11H10F2N2O2. The number of nitrogens with zero attached hydrogens (tertiary/aromatic N) is 1. The second kappa shape index (κ2) is 4.82. The van der Waals surface area contributed by atoms with Crippen LogP contribution in [-0.2, 0) is 6.42 Å². The van der Waals surface area contributed by atoms with Crippen LogP contribution in [0.3, 0.4) is 0 Å². The highest BCUT2D eigenvalue weighted by Crippen LogP contribution is 2.17. The third kappa shape index (κ3) is 2.93. The van der Waals surface area contributed by atoms with E-state index in [1.54, 1.807) is 6.07 Å². The maximum Gasteiger partial charge on any atom is 0.222 e. The zero-order valence-electron chi connectivity index (χ0n) is 8.82. The number of benzene rings is 1. The minimum Gasteiger partial charge on any atom is -0.490 e. The molecule has 0 aliphatic carbocycles. The van der Waals surface area contributed by atoms with Gasteiger partial charge in [-0.1, -0.05) is 5.16 Å². The molecule has 0 saturated heterocycles. The van der Waals surface area contributed by atoms with Gasteiger partial charge in [-0.2, -0.15) is 0 Å². The van der Waals surface area contributed by atoms with Crippen molar-refractivity contribution in [3.8, 4) is 5.75 Å². The number of rotatable bonds is 4. The van der Waals surface area contributed by atoms with E-state index < -0.39 is 11.6 Å². The van der Waals surface area contributed by atoms with Gasteiger partial charge in [-0.15, -0.1) is 0 Å². The molecule has 4 nitrogen and oxygen atoms in total. The van der Waals surface area contributed by atoms with Gasteiger partial charge in [-0.3, -0.25) is 0 Å². The van der Waals surface area contributed by atoms with Gasteiger partial charge in [0.05, 0.1) is 12.3 Å². The summed E-state index contributed by atoms with van der Waals surface area (Å²) in [6.45, 7) is 0.203. The lowest BCUT2D eigenvalue weighted by atomic mass is 10.3. The van der Waals surface area contributed by atoms with E-state index in [2.05, 4.69) is 9.68 Å². The summed E-state index contributed by atoms with van der Waals surface area (Å²) in [6.07, 6.45) is 0.428. The Bertz CT molecular complexity index is 514. The lowest BCUT2D eigenvalue weighted by molar-refractivity contribution is 0.300.